The number of hydrogen-bond donors (Lipinski definition) is 1. The van der Waals surface area contributed by atoms with Crippen LogP contribution in [0.15, 0.2) is 30.5 Å². The molecule has 0 aliphatic rings. The maximum Gasteiger partial charge on any atom is 0.267 e. The van der Waals surface area contributed by atoms with Crippen molar-refractivity contribution in [1.29, 1.82) is 0 Å². The fraction of sp³-hybridized carbons (Fsp3) is 0. The van der Waals surface area contributed by atoms with Crippen molar-refractivity contribution < 1.29 is 4.79 Å². The fourth-order valence-corrected chi connectivity index (χ4v) is 1.87. The number of nitrogens with two attached hydrogens (primary N) is 1. The average molecular weight is 256 g/mol. The van der Waals surface area contributed by atoms with Crippen LogP contribution in [0.4, 0.5) is 0 Å². The van der Waals surface area contributed by atoms with Crippen molar-refractivity contribution in [1.82, 2.24) is 9.78 Å². The van der Waals surface area contributed by atoms with Crippen molar-refractivity contribution in [2.45, 2.75) is 0 Å². The Balaban J connectivity index is 2.58. The summed E-state index contributed by atoms with van der Waals surface area (Å²) in [5.41, 5.74) is 6.08. The minimum atomic E-state index is -0.561. The number of benzene rings is 1. The van der Waals surface area contributed by atoms with Crippen molar-refractivity contribution in [2.24, 2.45) is 5.73 Å². The van der Waals surface area contributed by atoms with Gasteiger partial charge in [0, 0.05) is 10.0 Å². The van der Waals surface area contributed by atoms with Crippen LogP contribution in [0.2, 0.25) is 10.0 Å². The average Bonchev–Trinajstić information content (AvgIpc) is 2.63. The number of carbonyl (C=O) groups excluding carboxylic acids is 1. The Morgan fingerprint density at radius 2 is 1.88 bits per heavy atom. The number of halogens is 2. The van der Waals surface area contributed by atoms with Gasteiger partial charge in [-0.3, -0.25) is 4.79 Å². The highest BCUT2D eigenvalue weighted by atomic mass is 35.5. The van der Waals surface area contributed by atoms with Gasteiger partial charge in [-0.1, -0.05) is 23.2 Å². The van der Waals surface area contributed by atoms with E-state index in [1.54, 1.807) is 18.2 Å². The summed E-state index contributed by atoms with van der Waals surface area (Å²) in [6.45, 7) is 0. The molecule has 0 aliphatic heterocycles. The van der Waals surface area contributed by atoms with E-state index in [1.165, 1.54) is 16.9 Å². The van der Waals surface area contributed by atoms with Crippen LogP contribution in [-0.2, 0) is 0 Å². The molecule has 0 spiro atoms. The van der Waals surface area contributed by atoms with Crippen LogP contribution in [0.25, 0.3) is 5.69 Å². The number of hydrogen-bond acceptors (Lipinski definition) is 2. The highest BCUT2D eigenvalue weighted by Crippen LogP contribution is 2.22. The Morgan fingerprint density at radius 3 is 2.44 bits per heavy atom. The number of carbonyl (C=O) groups is 1. The van der Waals surface area contributed by atoms with Crippen LogP contribution < -0.4 is 5.73 Å². The topological polar surface area (TPSA) is 60.9 Å². The van der Waals surface area contributed by atoms with Crippen LogP contribution in [-0.4, -0.2) is 15.7 Å². The largest absolute Gasteiger partial charge is 0.364 e. The number of nitrogens with zero attached hydrogens (tertiary/aromatic N) is 2. The molecule has 0 aliphatic carbocycles. The van der Waals surface area contributed by atoms with Gasteiger partial charge >= 0.3 is 0 Å². The lowest BCUT2D eigenvalue weighted by Crippen LogP contribution is -2.16. The molecule has 0 saturated heterocycles. The normalized spacial score (nSPS) is 10.4. The lowest BCUT2D eigenvalue weighted by molar-refractivity contribution is 0.0993. The highest BCUT2D eigenvalue weighted by Gasteiger charge is 2.10. The van der Waals surface area contributed by atoms with E-state index in [0.29, 0.717) is 15.7 Å². The SMILES string of the molecule is NC(=O)c1ccnn1-c1cc(Cl)cc(Cl)c1. The molecule has 1 heterocycles. The summed E-state index contributed by atoms with van der Waals surface area (Å²) in [6.07, 6.45) is 1.48. The van der Waals surface area contributed by atoms with Gasteiger partial charge in [0.15, 0.2) is 0 Å². The summed E-state index contributed by atoms with van der Waals surface area (Å²) in [6, 6.07) is 6.41. The Bertz CT molecular complexity index is 530. The quantitative estimate of drug-likeness (QED) is 0.895. The zero-order valence-electron chi connectivity index (χ0n) is 8.02. The maximum absolute atomic E-state index is 11.1. The number of amides is 1. The molecule has 0 fully saturated rings. The van der Waals surface area contributed by atoms with E-state index in [2.05, 4.69) is 5.10 Å². The standard InChI is InChI=1S/C10H7Cl2N3O/c11-6-3-7(12)5-8(4-6)15-9(10(13)16)1-2-14-15/h1-5H,(H2,13,16). The first-order chi connectivity index (χ1) is 7.58. The van der Waals surface area contributed by atoms with Crippen LogP contribution in [0.5, 0.6) is 0 Å². The molecular weight excluding hydrogens is 249 g/mol. The van der Waals surface area contributed by atoms with Gasteiger partial charge in [0.25, 0.3) is 5.91 Å². The van der Waals surface area contributed by atoms with Crippen molar-refractivity contribution in [3.8, 4) is 5.69 Å². The van der Waals surface area contributed by atoms with Gasteiger partial charge in [-0.15, -0.1) is 0 Å². The van der Waals surface area contributed by atoms with Gasteiger partial charge in [0.2, 0.25) is 0 Å². The molecule has 1 aromatic carbocycles. The molecule has 0 radical (unpaired) electrons. The molecule has 82 valence electrons. The van der Waals surface area contributed by atoms with Crippen LogP contribution >= 0.6 is 23.2 Å². The van der Waals surface area contributed by atoms with E-state index >= 15 is 0 Å². The lowest BCUT2D eigenvalue weighted by atomic mass is 10.3. The first kappa shape index (κ1) is 11.0. The number of primary amides is 1. The predicted molar refractivity (Wildman–Crippen MR) is 62.1 cm³/mol. The first-order valence-electron chi connectivity index (χ1n) is 4.38. The molecule has 1 aromatic heterocycles. The minimum absolute atomic E-state index is 0.276. The third-order valence-electron chi connectivity index (χ3n) is 1.99. The summed E-state index contributed by atoms with van der Waals surface area (Å²) < 4.78 is 1.39. The second kappa shape index (κ2) is 4.15. The van der Waals surface area contributed by atoms with Crippen LogP contribution in [0.1, 0.15) is 10.5 Å². The summed E-state index contributed by atoms with van der Waals surface area (Å²) in [5.74, 6) is -0.561. The van der Waals surface area contributed by atoms with Gasteiger partial charge in [0.1, 0.15) is 5.69 Å². The van der Waals surface area contributed by atoms with Crippen molar-refractivity contribution >= 4 is 29.1 Å². The molecule has 0 saturated carbocycles. The Hall–Kier alpha value is -1.52. The first-order valence-corrected chi connectivity index (χ1v) is 5.14. The lowest BCUT2D eigenvalue weighted by Gasteiger charge is -2.05. The van der Waals surface area contributed by atoms with Gasteiger partial charge in [-0.25, -0.2) is 4.68 Å². The summed E-state index contributed by atoms with van der Waals surface area (Å²) in [4.78, 5) is 11.1. The van der Waals surface area contributed by atoms with Gasteiger partial charge < -0.3 is 5.73 Å². The molecule has 4 nitrogen and oxygen atoms in total. The minimum Gasteiger partial charge on any atom is -0.364 e. The molecule has 0 bridgehead atoms. The van der Waals surface area contributed by atoms with Gasteiger partial charge in [-0.2, -0.15) is 5.10 Å². The van der Waals surface area contributed by atoms with E-state index in [0.717, 1.165) is 0 Å². The van der Waals surface area contributed by atoms with E-state index in [4.69, 9.17) is 28.9 Å². The molecule has 2 N–H and O–H groups in total. The van der Waals surface area contributed by atoms with Gasteiger partial charge in [-0.05, 0) is 24.3 Å². The van der Waals surface area contributed by atoms with E-state index in [-0.39, 0.29) is 5.69 Å². The zero-order valence-corrected chi connectivity index (χ0v) is 9.53. The predicted octanol–water partition coefficient (Wildman–Crippen LogP) is 2.28. The number of rotatable bonds is 2. The van der Waals surface area contributed by atoms with Crippen LogP contribution in [0.3, 0.4) is 0 Å². The Labute approximate surface area is 102 Å². The molecule has 2 aromatic rings. The second-order valence-electron chi connectivity index (χ2n) is 3.12. The van der Waals surface area contributed by atoms with E-state index < -0.39 is 5.91 Å². The fourth-order valence-electron chi connectivity index (χ4n) is 1.36. The third-order valence-corrected chi connectivity index (χ3v) is 2.42. The molecule has 1 amide bonds. The monoisotopic (exact) mass is 255 g/mol. The molecule has 0 unspecified atom stereocenters. The molecular formula is C10H7Cl2N3O. The summed E-state index contributed by atoms with van der Waals surface area (Å²) >= 11 is 11.7. The van der Waals surface area contributed by atoms with Crippen LogP contribution in [0, 0.1) is 0 Å². The molecule has 6 heteroatoms. The highest BCUT2D eigenvalue weighted by molar-refractivity contribution is 6.34. The summed E-state index contributed by atoms with van der Waals surface area (Å²) in [7, 11) is 0. The molecule has 2 rings (SSSR count). The summed E-state index contributed by atoms with van der Waals surface area (Å²) in [5, 5.41) is 4.92. The van der Waals surface area contributed by atoms with Crippen molar-refractivity contribution in [3.05, 3.63) is 46.2 Å². The smallest absolute Gasteiger partial charge is 0.267 e. The number of aromatic nitrogens is 2. The van der Waals surface area contributed by atoms with Crippen molar-refractivity contribution in [3.63, 3.8) is 0 Å². The van der Waals surface area contributed by atoms with Gasteiger partial charge in [0.05, 0.1) is 11.9 Å². The molecule has 0 atom stereocenters. The Kier molecular flexibility index (Phi) is 2.85. The third kappa shape index (κ3) is 2.03. The van der Waals surface area contributed by atoms with E-state index in [9.17, 15) is 4.79 Å². The van der Waals surface area contributed by atoms with E-state index in [1.807, 2.05) is 0 Å². The maximum atomic E-state index is 11.1. The molecule has 16 heavy (non-hydrogen) atoms. The van der Waals surface area contributed by atoms with Crippen molar-refractivity contribution in [2.75, 3.05) is 0 Å². The second-order valence-corrected chi connectivity index (χ2v) is 3.99. The Morgan fingerprint density at radius 1 is 1.25 bits per heavy atom. The zero-order chi connectivity index (χ0) is 11.7.